The molecule has 1 aliphatic heterocycles. The third-order valence-corrected chi connectivity index (χ3v) is 6.84. The lowest BCUT2D eigenvalue weighted by atomic mass is 9.98. The third kappa shape index (κ3) is 7.15. The molecule has 10 heteroatoms. The molecule has 1 aliphatic carbocycles. The second-order valence-electron chi connectivity index (χ2n) is 10.1. The summed E-state index contributed by atoms with van der Waals surface area (Å²) in [6, 6.07) is 14.0. The molecule has 2 heterocycles. The number of anilines is 2. The monoisotopic (exact) mass is 534 g/mol. The summed E-state index contributed by atoms with van der Waals surface area (Å²) in [6.07, 6.45) is 4.90. The first-order valence-electron chi connectivity index (χ1n) is 13.4. The van der Waals surface area contributed by atoms with Gasteiger partial charge in [-0.1, -0.05) is 0 Å². The molecule has 2 fully saturated rings. The number of carbonyl (C=O) groups excluding carboxylic acids is 2. The van der Waals surface area contributed by atoms with Crippen molar-refractivity contribution >= 4 is 23.3 Å². The van der Waals surface area contributed by atoms with Crippen LogP contribution in [0, 0.1) is 11.8 Å². The van der Waals surface area contributed by atoms with Crippen LogP contribution in [0.25, 0.3) is 0 Å². The minimum absolute atomic E-state index is 0.0104. The van der Waals surface area contributed by atoms with Crippen molar-refractivity contribution in [3.05, 3.63) is 60.3 Å². The van der Waals surface area contributed by atoms with Crippen molar-refractivity contribution in [1.29, 1.82) is 0 Å². The van der Waals surface area contributed by atoms with E-state index < -0.39 is 6.10 Å². The average Bonchev–Trinajstić information content (AvgIpc) is 3.64. The van der Waals surface area contributed by atoms with E-state index in [0.29, 0.717) is 47.8 Å². The van der Waals surface area contributed by atoms with E-state index >= 15 is 0 Å². The van der Waals surface area contributed by atoms with E-state index in [1.807, 2.05) is 29.2 Å². The predicted molar refractivity (Wildman–Crippen MR) is 145 cm³/mol. The van der Waals surface area contributed by atoms with Gasteiger partial charge in [0.2, 0.25) is 5.91 Å². The highest BCUT2D eigenvalue weighted by Crippen LogP contribution is 2.34. The number of carbonyl (C=O) groups is 2. The Bertz CT molecular complexity index is 1250. The van der Waals surface area contributed by atoms with Crippen molar-refractivity contribution in [3.8, 4) is 17.2 Å². The highest BCUT2D eigenvalue weighted by molar-refractivity contribution is 6.04. The van der Waals surface area contributed by atoms with E-state index in [2.05, 4.69) is 15.5 Å². The molecule has 0 unspecified atom stereocenters. The largest absolute Gasteiger partial charge is 0.488 e. The Hall–Kier alpha value is -3.89. The number of nitrogens with one attached hydrogen (secondary N) is 2. The Balaban J connectivity index is 1.34. The summed E-state index contributed by atoms with van der Waals surface area (Å²) in [5.74, 6) is 2.13. The number of ether oxygens (including phenoxy) is 3. The molecule has 1 saturated heterocycles. The van der Waals surface area contributed by atoms with Crippen molar-refractivity contribution in [2.24, 2.45) is 11.8 Å². The standard InChI is InChI=1S/C29H34N4O6/c1-19(18-34)38-25-14-22(28(35)31-27-8-11-30-32-27)15-26(16-25)39-24-6-4-23(5-7-24)33(17-20-2-3-20)29(36)21-9-12-37-13-10-21/h4-8,11,14-16,19-21,34H,2-3,9-10,12-13,17-18H2,1H3,(H2,30,31,32,35)/t19-/m0/s1. The number of hydrogen-bond acceptors (Lipinski definition) is 7. The first kappa shape index (κ1) is 26.7. The number of rotatable bonds is 11. The fraction of sp³-hybridized carbons (Fsp3) is 0.414. The number of benzene rings is 2. The summed E-state index contributed by atoms with van der Waals surface area (Å²) in [4.78, 5) is 28.2. The highest BCUT2D eigenvalue weighted by Gasteiger charge is 2.32. The van der Waals surface area contributed by atoms with Gasteiger partial charge in [0, 0.05) is 49.1 Å². The number of aromatic nitrogens is 2. The molecule has 206 valence electrons. The topological polar surface area (TPSA) is 126 Å². The first-order chi connectivity index (χ1) is 19.0. The van der Waals surface area contributed by atoms with Crippen molar-refractivity contribution < 1.29 is 28.9 Å². The molecule has 39 heavy (non-hydrogen) atoms. The molecule has 3 N–H and O–H groups in total. The molecule has 3 aromatic rings. The molecule has 2 aromatic carbocycles. The van der Waals surface area contributed by atoms with Crippen LogP contribution in [-0.2, 0) is 9.53 Å². The number of H-pyrrole nitrogens is 1. The molecule has 1 saturated carbocycles. The van der Waals surface area contributed by atoms with Crippen LogP contribution >= 0.6 is 0 Å². The van der Waals surface area contributed by atoms with E-state index in [0.717, 1.165) is 37.9 Å². The van der Waals surface area contributed by atoms with E-state index in [1.165, 1.54) is 0 Å². The van der Waals surface area contributed by atoms with Crippen LogP contribution in [0.15, 0.2) is 54.7 Å². The van der Waals surface area contributed by atoms with Gasteiger partial charge in [-0.05, 0) is 74.9 Å². The van der Waals surface area contributed by atoms with Crippen molar-refractivity contribution in [1.82, 2.24) is 10.2 Å². The molecule has 10 nitrogen and oxygen atoms in total. The van der Waals surface area contributed by atoms with Gasteiger partial charge in [-0.25, -0.2) is 0 Å². The van der Waals surface area contributed by atoms with E-state index in [9.17, 15) is 14.7 Å². The maximum Gasteiger partial charge on any atom is 0.257 e. The molecular weight excluding hydrogens is 500 g/mol. The normalized spacial score (nSPS) is 16.4. The highest BCUT2D eigenvalue weighted by atomic mass is 16.5. The van der Waals surface area contributed by atoms with Crippen molar-refractivity contribution in [2.45, 2.75) is 38.7 Å². The van der Waals surface area contributed by atoms with Crippen LogP contribution in [-0.4, -0.2) is 59.6 Å². The summed E-state index contributed by atoms with van der Waals surface area (Å²) in [5, 5.41) is 18.7. The average molecular weight is 535 g/mol. The van der Waals surface area contributed by atoms with Gasteiger partial charge in [0.15, 0.2) is 0 Å². The van der Waals surface area contributed by atoms with Crippen LogP contribution in [0.5, 0.6) is 17.2 Å². The van der Waals surface area contributed by atoms with Crippen molar-refractivity contribution in [2.75, 3.05) is 36.6 Å². The number of amides is 2. The minimum atomic E-state index is -0.464. The predicted octanol–water partition coefficient (Wildman–Crippen LogP) is 4.38. The Labute approximate surface area is 227 Å². The van der Waals surface area contributed by atoms with Gasteiger partial charge in [-0.15, -0.1) is 0 Å². The number of nitrogens with zero attached hydrogens (tertiary/aromatic N) is 2. The Morgan fingerprint density at radius 2 is 1.82 bits per heavy atom. The van der Waals surface area contributed by atoms with E-state index in [1.54, 1.807) is 37.4 Å². The molecule has 2 amide bonds. The maximum absolute atomic E-state index is 13.4. The molecule has 1 atom stereocenters. The molecule has 0 radical (unpaired) electrons. The summed E-state index contributed by atoms with van der Waals surface area (Å²) in [7, 11) is 0. The Morgan fingerprint density at radius 3 is 2.49 bits per heavy atom. The van der Waals surface area contributed by atoms with E-state index in [4.69, 9.17) is 14.2 Å². The number of hydrogen-bond donors (Lipinski definition) is 3. The quantitative estimate of drug-likeness (QED) is 0.333. The van der Waals surface area contributed by atoms with Gasteiger partial charge >= 0.3 is 0 Å². The van der Waals surface area contributed by atoms with Gasteiger partial charge in [-0.3, -0.25) is 14.7 Å². The molecule has 0 spiro atoms. The number of aromatic amines is 1. The molecule has 0 bridgehead atoms. The molecule has 1 aromatic heterocycles. The second kappa shape index (κ2) is 12.3. The fourth-order valence-electron chi connectivity index (χ4n) is 4.50. The zero-order valence-electron chi connectivity index (χ0n) is 22.0. The molecule has 2 aliphatic rings. The number of aliphatic hydroxyl groups excluding tert-OH is 1. The van der Waals surface area contributed by atoms with Gasteiger partial charge < -0.3 is 29.5 Å². The smallest absolute Gasteiger partial charge is 0.257 e. The fourth-order valence-corrected chi connectivity index (χ4v) is 4.50. The van der Waals surface area contributed by atoms with Crippen LogP contribution < -0.4 is 19.7 Å². The van der Waals surface area contributed by atoms with Crippen molar-refractivity contribution in [3.63, 3.8) is 0 Å². The van der Waals surface area contributed by atoms with Crippen LogP contribution in [0.3, 0.4) is 0 Å². The van der Waals surface area contributed by atoms with Crippen LogP contribution in [0.2, 0.25) is 0 Å². The number of aliphatic hydroxyl groups is 1. The molecule has 5 rings (SSSR count). The van der Waals surface area contributed by atoms with Gasteiger partial charge in [0.1, 0.15) is 29.2 Å². The van der Waals surface area contributed by atoms with E-state index in [-0.39, 0.29) is 24.3 Å². The van der Waals surface area contributed by atoms with Gasteiger partial charge in [-0.2, -0.15) is 5.10 Å². The summed E-state index contributed by atoms with van der Waals surface area (Å²) in [6.45, 7) is 3.54. The SMILES string of the molecule is C[C@@H](CO)Oc1cc(Oc2ccc(N(CC3CC3)C(=O)C3CCOCC3)cc2)cc(C(=O)Nc2ccn[nH]2)c1. The lowest BCUT2D eigenvalue weighted by molar-refractivity contribution is -0.125. The van der Waals surface area contributed by atoms with Gasteiger partial charge in [0.25, 0.3) is 5.91 Å². The zero-order valence-corrected chi connectivity index (χ0v) is 22.0. The van der Waals surface area contributed by atoms with Crippen LogP contribution in [0.1, 0.15) is 43.0 Å². The third-order valence-electron chi connectivity index (χ3n) is 6.84. The first-order valence-corrected chi connectivity index (χ1v) is 13.4. The van der Waals surface area contributed by atoms with Gasteiger partial charge in [0.05, 0.1) is 12.8 Å². The Kier molecular flexibility index (Phi) is 8.43. The van der Waals surface area contributed by atoms with Crippen LogP contribution in [0.4, 0.5) is 11.5 Å². The Morgan fingerprint density at radius 1 is 1.08 bits per heavy atom. The summed E-state index contributed by atoms with van der Waals surface area (Å²) in [5.41, 5.74) is 1.16. The summed E-state index contributed by atoms with van der Waals surface area (Å²) >= 11 is 0. The molecular formula is C29H34N4O6. The second-order valence-corrected chi connectivity index (χ2v) is 10.1. The minimum Gasteiger partial charge on any atom is -0.488 e. The zero-order chi connectivity index (χ0) is 27.2. The summed E-state index contributed by atoms with van der Waals surface area (Å²) < 4.78 is 17.3. The lowest BCUT2D eigenvalue weighted by Gasteiger charge is -2.29. The maximum atomic E-state index is 13.4. The lowest BCUT2D eigenvalue weighted by Crippen LogP contribution is -2.39.